The molecule has 2 fully saturated rings. The summed E-state index contributed by atoms with van der Waals surface area (Å²) in [6.07, 6.45) is 2.61. The summed E-state index contributed by atoms with van der Waals surface area (Å²) >= 11 is 0. The first-order chi connectivity index (χ1) is 19.2. The highest BCUT2D eigenvalue weighted by atomic mass is 16.7. The highest BCUT2D eigenvalue weighted by Gasteiger charge is 2.66. The van der Waals surface area contributed by atoms with Gasteiger partial charge in [0, 0.05) is 42.6 Å². The minimum Gasteiger partial charge on any atom is -0.484 e. The Kier molecular flexibility index (Phi) is 6.86. The molecule has 8 nitrogen and oxygen atoms in total. The number of methoxy groups -OCH3 is 1. The first kappa shape index (κ1) is 27.1. The third kappa shape index (κ3) is 4.20. The predicted molar refractivity (Wildman–Crippen MR) is 147 cm³/mol. The molecule has 2 aromatic heterocycles. The van der Waals surface area contributed by atoms with Gasteiger partial charge in [-0.05, 0) is 55.6 Å². The fourth-order valence-corrected chi connectivity index (χ4v) is 7.89. The normalized spacial score (nSPS) is 35.5. The number of benzene rings is 1. The van der Waals surface area contributed by atoms with Gasteiger partial charge in [0.15, 0.2) is 6.29 Å². The third-order valence-corrected chi connectivity index (χ3v) is 9.92. The van der Waals surface area contributed by atoms with Gasteiger partial charge in [-0.2, -0.15) is 0 Å². The third-order valence-electron chi connectivity index (χ3n) is 9.92. The Hall–Kier alpha value is -3.04. The zero-order valence-corrected chi connectivity index (χ0v) is 23.3. The summed E-state index contributed by atoms with van der Waals surface area (Å²) in [7, 11) is 1.64. The molecule has 0 amide bonds. The molecule has 3 heterocycles. The first-order valence-electron chi connectivity index (χ1n) is 14.0. The molecule has 2 saturated carbocycles. The van der Waals surface area contributed by atoms with Crippen molar-refractivity contribution in [3.8, 4) is 17.1 Å². The monoisotopic (exact) mass is 547 g/mol. The van der Waals surface area contributed by atoms with Crippen LogP contribution in [0.25, 0.3) is 11.3 Å². The summed E-state index contributed by atoms with van der Waals surface area (Å²) in [5, 5.41) is 23.5. The van der Waals surface area contributed by atoms with Gasteiger partial charge in [-0.1, -0.05) is 44.2 Å². The van der Waals surface area contributed by atoms with Crippen LogP contribution in [-0.2, 0) is 9.47 Å². The van der Waals surface area contributed by atoms with Crippen LogP contribution in [0, 0.1) is 23.2 Å². The fraction of sp³-hybridized carbons (Fsp3) is 0.500. The van der Waals surface area contributed by atoms with Gasteiger partial charge in [0.05, 0.1) is 18.3 Å². The molecular formula is C32H37NO7. The molecule has 0 saturated heterocycles. The van der Waals surface area contributed by atoms with Gasteiger partial charge in [-0.25, -0.2) is 4.79 Å². The van der Waals surface area contributed by atoms with Crippen LogP contribution in [0.15, 0.2) is 70.1 Å². The number of hydrogen-bond donors (Lipinski definition) is 2. The Morgan fingerprint density at radius 2 is 1.90 bits per heavy atom. The molecule has 3 aromatic rings. The standard InChI is InChI=1S/C32H37NO7/c1-18-21-15-25(34)32(3)28(31(21,2)13-12-22(18)39-30(37-4)19-9-6-5-7-10-19)27(35)26-24(40-32)16-23(38-29(26)36)20-11-8-14-33-17-20/h5-11,14,16-18,21-22,25,27-28,30,34-35H,12-13,15H2,1-4H3/t18-,21?,22+,25+,27+,28?,30-,31+,32-/m1/s1. The molecule has 1 aliphatic heterocycles. The molecule has 8 heteroatoms. The molecule has 1 aromatic carbocycles. The molecule has 2 N–H and O–H groups in total. The summed E-state index contributed by atoms with van der Waals surface area (Å²) in [4.78, 5) is 17.4. The molecule has 0 radical (unpaired) electrons. The van der Waals surface area contributed by atoms with Crippen molar-refractivity contribution in [2.45, 2.75) is 70.2 Å². The average Bonchev–Trinajstić information content (AvgIpc) is 2.95. The molecule has 3 aliphatic rings. The van der Waals surface area contributed by atoms with Gasteiger partial charge in [-0.3, -0.25) is 4.98 Å². The zero-order chi connectivity index (χ0) is 28.2. The Morgan fingerprint density at radius 3 is 2.60 bits per heavy atom. The topological polar surface area (TPSA) is 111 Å². The van der Waals surface area contributed by atoms with Crippen molar-refractivity contribution in [2.75, 3.05) is 7.11 Å². The summed E-state index contributed by atoms with van der Waals surface area (Å²) in [6.45, 7) is 6.17. The lowest BCUT2D eigenvalue weighted by Gasteiger charge is -2.64. The van der Waals surface area contributed by atoms with Crippen LogP contribution in [0.5, 0.6) is 5.75 Å². The molecule has 2 unspecified atom stereocenters. The highest BCUT2D eigenvalue weighted by Crippen LogP contribution is 2.64. The molecule has 6 rings (SSSR count). The minimum atomic E-state index is -1.16. The first-order valence-corrected chi connectivity index (χ1v) is 14.0. The van der Waals surface area contributed by atoms with Crippen LogP contribution in [0.2, 0.25) is 0 Å². The summed E-state index contributed by atoms with van der Waals surface area (Å²) in [6, 6.07) is 15.0. The molecule has 0 spiro atoms. The predicted octanol–water partition coefficient (Wildman–Crippen LogP) is 5.05. The van der Waals surface area contributed by atoms with Crippen LogP contribution >= 0.6 is 0 Å². The van der Waals surface area contributed by atoms with Gasteiger partial charge in [0.1, 0.15) is 22.7 Å². The number of aromatic nitrogens is 1. The van der Waals surface area contributed by atoms with E-state index in [2.05, 4.69) is 18.8 Å². The van der Waals surface area contributed by atoms with Crippen LogP contribution in [0.3, 0.4) is 0 Å². The van der Waals surface area contributed by atoms with Crippen molar-refractivity contribution in [1.29, 1.82) is 0 Å². The van der Waals surface area contributed by atoms with E-state index in [4.69, 9.17) is 18.6 Å². The summed E-state index contributed by atoms with van der Waals surface area (Å²) < 4.78 is 24.4. The molecule has 2 aliphatic carbocycles. The molecular weight excluding hydrogens is 510 g/mol. The lowest BCUT2D eigenvalue weighted by molar-refractivity contribution is -0.258. The molecule has 40 heavy (non-hydrogen) atoms. The molecule has 9 atom stereocenters. The van der Waals surface area contributed by atoms with Gasteiger partial charge < -0.3 is 28.8 Å². The molecule has 212 valence electrons. The second-order valence-electron chi connectivity index (χ2n) is 12.0. The quantitative estimate of drug-likeness (QED) is 0.427. The number of nitrogens with zero attached hydrogens (tertiary/aromatic N) is 1. The minimum absolute atomic E-state index is 0.0223. The smallest absolute Gasteiger partial charge is 0.345 e. The van der Waals surface area contributed by atoms with Gasteiger partial charge in [-0.15, -0.1) is 0 Å². The van der Waals surface area contributed by atoms with E-state index in [0.717, 1.165) is 18.4 Å². The Morgan fingerprint density at radius 1 is 1.12 bits per heavy atom. The van der Waals surface area contributed by atoms with E-state index in [1.54, 1.807) is 37.7 Å². The largest absolute Gasteiger partial charge is 0.484 e. The molecule has 0 bridgehead atoms. The Bertz CT molecular complexity index is 1410. The SMILES string of the molecule is CO[C@H](O[C@H]1CC[C@@]2(C)C(C[C@H](O)[C@@]3(C)Oc4cc(-c5cccnc5)oc(=O)c4[C@H](O)C23)[C@H]1C)c1ccccc1. The Labute approximate surface area is 233 Å². The van der Waals surface area contributed by atoms with E-state index in [-0.39, 0.29) is 29.3 Å². The maximum Gasteiger partial charge on any atom is 0.345 e. The summed E-state index contributed by atoms with van der Waals surface area (Å²) in [5.41, 5.74) is -0.466. The Balaban J connectivity index is 1.33. The number of hydrogen-bond acceptors (Lipinski definition) is 8. The van der Waals surface area contributed by atoms with E-state index in [0.29, 0.717) is 17.7 Å². The lowest BCUT2D eigenvalue weighted by atomic mass is 9.46. The number of pyridine rings is 1. The van der Waals surface area contributed by atoms with E-state index < -0.39 is 41.1 Å². The number of ether oxygens (including phenoxy) is 3. The van der Waals surface area contributed by atoms with Crippen LogP contribution in [-0.4, -0.2) is 40.1 Å². The van der Waals surface area contributed by atoms with Crippen molar-refractivity contribution in [2.24, 2.45) is 23.2 Å². The second kappa shape index (κ2) is 10.1. The van der Waals surface area contributed by atoms with E-state index in [9.17, 15) is 15.0 Å². The van der Waals surface area contributed by atoms with Crippen LogP contribution in [0.1, 0.15) is 63.6 Å². The summed E-state index contributed by atoms with van der Waals surface area (Å²) in [5.74, 6) is 0.117. The van der Waals surface area contributed by atoms with Crippen molar-refractivity contribution in [3.63, 3.8) is 0 Å². The maximum absolute atomic E-state index is 13.3. The van der Waals surface area contributed by atoms with Crippen molar-refractivity contribution in [3.05, 3.63) is 82.5 Å². The van der Waals surface area contributed by atoms with E-state index >= 15 is 0 Å². The van der Waals surface area contributed by atoms with Crippen molar-refractivity contribution in [1.82, 2.24) is 4.98 Å². The highest BCUT2D eigenvalue weighted by molar-refractivity contribution is 5.59. The van der Waals surface area contributed by atoms with Gasteiger partial charge in [0.2, 0.25) is 0 Å². The number of aliphatic hydroxyl groups is 2. The van der Waals surface area contributed by atoms with Crippen LogP contribution in [0.4, 0.5) is 0 Å². The maximum atomic E-state index is 13.3. The fourth-order valence-electron chi connectivity index (χ4n) is 7.89. The number of aliphatic hydroxyl groups excluding tert-OH is 2. The van der Waals surface area contributed by atoms with Crippen LogP contribution < -0.4 is 10.4 Å². The lowest BCUT2D eigenvalue weighted by Crippen LogP contribution is -2.68. The average molecular weight is 548 g/mol. The second-order valence-corrected chi connectivity index (χ2v) is 12.0. The van der Waals surface area contributed by atoms with Crippen molar-refractivity contribution < 1.29 is 28.8 Å². The van der Waals surface area contributed by atoms with Gasteiger partial charge in [0.25, 0.3) is 0 Å². The van der Waals surface area contributed by atoms with Crippen molar-refractivity contribution >= 4 is 0 Å². The van der Waals surface area contributed by atoms with E-state index in [1.165, 1.54) is 0 Å². The number of fused-ring (bicyclic) bond motifs is 4. The van der Waals surface area contributed by atoms with E-state index in [1.807, 2.05) is 37.3 Å². The number of rotatable bonds is 5. The van der Waals surface area contributed by atoms with Gasteiger partial charge >= 0.3 is 5.63 Å². The zero-order valence-electron chi connectivity index (χ0n) is 23.3.